The maximum atomic E-state index is 13.6. The Bertz CT molecular complexity index is 1060. The third kappa shape index (κ3) is 3.92. The number of aromatic nitrogens is 2. The number of nitrogens with one attached hydrogen (secondary N) is 1. The molecule has 0 spiro atoms. The molecule has 3 aromatic rings. The number of anilines is 1. The van der Waals surface area contributed by atoms with E-state index in [1.807, 2.05) is 0 Å². The first-order valence-corrected chi connectivity index (χ1v) is 10.6. The summed E-state index contributed by atoms with van der Waals surface area (Å²) in [6.45, 7) is 0.317. The number of thiophene rings is 1. The van der Waals surface area contributed by atoms with Crippen molar-refractivity contribution in [1.29, 1.82) is 0 Å². The van der Waals surface area contributed by atoms with E-state index in [0.717, 1.165) is 36.1 Å². The van der Waals surface area contributed by atoms with Gasteiger partial charge in [0.1, 0.15) is 10.6 Å². The molecule has 0 bridgehead atoms. The van der Waals surface area contributed by atoms with E-state index in [1.165, 1.54) is 28.0 Å². The molecule has 6 nitrogen and oxygen atoms in total. The molecule has 4 rings (SSSR count). The summed E-state index contributed by atoms with van der Waals surface area (Å²) >= 11 is 1.61. The molecular formula is C21H24FN3O3S. The van der Waals surface area contributed by atoms with E-state index in [4.69, 9.17) is 14.5 Å². The Hall–Kier alpha value is -2.29. The third-order valence-electron chi connectivity index (χ3n) is 5.28. The molecule has 2 aromatic heterocycles. The largest absolute Gasteiger partial charge is 0.354 e. The van der Waals surface area contributed by atoms with Crippen LogP contribution in [0.25, 0.3) is 15.9 Å². The minimum absolute atomic E-state index is 0.130. The Morgan fingerprint density at radius 2 is 1.90 bits per heavy atom. The molecule has 1 N–H and O–H groups in total. The number of benzene rings is 1. The summed E-state index contributed by atoms with van der Waals surface area (Å²) in [6, 6.07) is 5.86. The lowest BCUT2D eigenvalue weighted by molar-refractivity contribution is -0.0915. The molecule has 0 fully saturated rings. The van der Waals surface area contributed by atoms with E-state index >= 15 is 0 Å². The van der Waals surface area contributed by atoms with Gasteiger partial charge < -0.3 is 14.8 Å². The first-order chi connectivity index (χ1) is 14.1. The molecule has 1 aliphatic rings. The molecule has 154 valence electrons. The first-order valence-electron chi connectivity index (χ1n) is 9.75. The second-order valence-electron chi connectivity index (χ2n) is 7.08. The van der Waals surface area contributed by atoms with Gasteiger partial charge in [-0.2, -0.15) is 0 Å². The zero-order valence-electron chi connectivity index (χ0n) is 16.5. The Labute approximate surface area is 172 Å². The first kappa shape index (κ1) is 20.0. The van der Waals surface area contributed by atoms with Crippen molar-refractivity contribution >= 4 is 27.5 Å². The number of hydrogen-bond acceptors (Lipinski definition) is 6. The number of nitrogens with zero attached hydrogens (tertiary/aromatic N) is 2. The summed E-state index contributed by atoms with van der Waals surface area (Å²) < 4.78 is 25.5. The Balaban J connectivity index is 1.88. The predicted molar refractivity (Wildman–Crippen MR) is 113 cm³/mol. The number of halogens is 1. The van der Waals surface area contributed by atoms with Crippen LogP contribution < -0.4 is 10.9 Å². The average Bonchev–Trinajstić information content (AvgIpc) is 2.91. The molecule has 0 saturated carbocycles. The maximum Gasteiger partial charge on any atom is 0.268 e. The lowest BCUT2D eigenvalue weighted by Gasteiger charge is -2.18. The number of hydrogen-bond donors (Lipinski definition) is 1. The quantitative estimate of drug-likeness (QED) is 0.487. The number of rotatable bonds is 6. The molecule has 0 saturated heterocycles. The molecule has 0 amide bonds. The highest BCUT2D eigenvalue weighted by Crippen LogP contribution is 2.34. The van der Waals surface area contributed by atoms with Gasteiger partial charge in [-0.3, -0.25) is 4.79 Å². The van der Waals surface area contributed by atoms with E-state index in [1.54, 1.807) is 37.7 Å². The van der Waals surface area contributed by atoms with Crippen LogP contribution in [0.5, 0.6) is 0 Å². The Morgan fingerprint density at radius 3 is 2.62 bits per heavy atom. The van der Waals surface area contributed by atoms with Crippen molar-refractivity contribution in [3.63, 3.8) is 0 Å². The smallest absolute Gasteiger partial charge is 0.268 e. The van der Waals surface area contributed by atoms with Crippen LogP contribution in [0.4, 0.5) is 10.3 Å². The molecule has 0 radical (unpaired) electrons. The highest BCUT2D eigenvalue weighted by Gasteiger charge is 2.22. The predicted octanol–water partition coefficient (Wildman–Crippen LogP) is 3.89. The van der Waals surface area contributed by atoms with Gasteiger partial charge >= 0.3 is 0 Å². The van der Waals surface area contributed by atoms with Gasteiger partial charge in [0.2, 0.25) is 5.95 Å². The lowest BCUT2D eigenvalue weighted by atomic mass is 10.1. The monoisotopic (exact) mass is 417 g/mol. The molecule has 0 aliphatic heterocycles. The zero-order chi connectivity index (χ0) is 20.4. The van der Waals surface area contributed by atoms with Crippen LogP contribution in [0.3, 0.4) is 0 Å². The second kappa shape index (κ2) is 8.61. The van der Waals surface area contributed by atoms with E-state index in [9.17, 15) is 9.18 Å². The summed E-state index contributed by atoms with van der Waals surface area (Å²) in [6.07, 6.45) is 4.81. The molecular weight excluding hydrogens is 393 g/mol. The van der Waals surface area contributed by atoms with Crippen molar-refractivity contribution in [3.8, 4) is 5.69 Å². The summed E-state index contributed by atoms with van der Waals surface area (Å²) in [7, 11) is 3.10. The third-order valence-corrected chi connectivity index (χ3v) is 6.46. The molecule has 0 atom stereocenters. The van der Waals surface area contributed by atoms with Crippen LogP contribution in [0, 0.1) is 5.82 Å². The van der Waals surface area contributed by atoms with E-state index < -0.39 is 6.29 Å². The Kier molecular flexibility index (Phi) is 5.94. The minimum Gasteiger partial charge on any atom is -0.354 e. The molecule has 8 heteroatoms. The molecule has 2 heterocycles. The fraction of sp³-hybridized carbons (Fsp3) is 0.429. The summed E-state index contributed by atoms with van der Waals surface area (Å²) in [5, 5.41) is 3.86. The molecule has 1 aromatic carbocycles. The fourth-order valence-corrected chi connectivity index (χ4v) is 5.02. The maximum absolute atomic E-state index is 13.6. The highest BCUT2D eigenvalue weighted by molar-refractivity contribution is 7.18. The van der Waals surface area contributed by atoms with Crippen LogP contribution in [-0.2, 0) is 22.3 Å². The van der Waals surface area contributed by atoms with E-state index in [2.05, 4.69) is 5.32 Å². The summed E-state index contributed by atoms with van der Waals surface area (Å²) in [4.78, 5) is 20.4. The van der Waals surface area contributed by atoms with Gasteiger partial charge in [-0.05, 0) is 55.5 Å². The fourth-order valence-electron chi connectivity index (χ4n) is 3.77. The minimum atomic E-state index is -0.482. The van der Waals surface area contributed by atoms with E-state index in [-0.39, 0.29) is 11.4 Å². The number of fused-ring (bicyclic) bond motifs is 3. The molecule has 1 aliphatic carbocycles. The van der Waals surface area contributed by atoms with Crippen molar-refractivity contribution in [2.24, 2.45) is 0 Å². The summed E-state index contributed by atoms with van der Waals surface area (Å²) in [5.41, 5.74) is 1.57. The highest BCUT2D eigenvalue weighted by atomic mass is 32.1. The van der Waals surface area contributed by atoms with Gasteiger partial charge in [-0.15, -0.1) is 11.3 Å². The molecule has 0 unspecified atom stereocenters. The van der Waals surface area contributed by atoms with Crippen LogP contribution in [0.1, 0.15) is 29.7 Å². The average molecular weight is 418 g/mol. The van der Waals surface area contributed by atoms with Crippen LogP contribution in [0.15, 0.2) is 29.1 Å². The SMILES string of the molecule is COC(CNc1nc2sc3c(c2c(=O)n1-c1ccc(F)cc1)CCCCC3)OC. The van der Waals surface area contributed by atoms with Gasteiger partial charge in [0.15, 0.2) is 6.29 Å². The molecule has 29 heavy (non-hydrogen) atoms. The van der Waals surface area contributed by atoms with E-state index in [0.29, 0.717) is 23.6 Å². The van der Waals surface area contributed by atoms with Gasteiger partial charge in [-0.25, -0.2) is 13.9 Å². The van der Waals surface area contributed by atoms with Crippen LogP contribution in [0.2, 0.25) is 0 Å². The van der Waals surface area contributed by atoms with Crippen molar-refractivity contribution in [3.05, 3.63) is 50.9 Å². The van der Waals surface area contributed by atoms with Gasteiger partial charge in [0.25, 0.3) is 5.56 Å². The van der Waals surface area contributed by atoms with Crippen LogP contribution >= 0.6 is 11.3 Å². The zero-order valence-corrected chi connectivity index (χ0v) is 17.4. The van der Waals surface area contributed by atoms with Crippen molar-refractivity contribution in [2.75, 3.05) is 26.1 Å². The number of methoxy groups -OCH3 is 2. The normalized spacial score (nSPS) is 14.2. The van der Waals surface area contributed by atoms with Gasteiger partial charge in [0.05, 0.1) is 17.6 Å². The number of ether oxygens (including phenoxy) is 2. The van der Waals surface area contributed by atoms with Gasteiger partial charge in [-0.1, -0.05) is 6.42 Å². The van der Waals surface area contributed by atoms with Crippen LogP contribution in [-0.4, -0.2) is 36.6 Å². The number of aryl methyl sites for hydroxylation is 2. The topological polar surface area (TPSA) is 65.4 Å². The lowest BCUT2D eigenvalue weighted by Crippen LogP contribution is -2.29. The second-order valence-corrected chi connectivity index (χ2v) is 8.16. The Morgan fingerprint density at radius 1 is 1.17 bits per heavy atom. The van der Waals surface area contributed by atoms with Crippen molar-refractivity contribution in [1.82, 2.24) is 9.55 Å². The summed E-state index contributed by atoms with van der Waals surface area (Å²) in [5.74, 6) is 0.0400. The van der Waals surface area contributed by atoms with Crippen molar-refractivity contribution in [2.45, 2.75) is 38.4 Å². The van der Waals surface area contributed by atoms with Crippen molar-refractivity contribution < 1.29 is 13.9 Å². The van der Waals surface area contributed by atoms with Gasteiger partial charge in [0, 0.05) is 19.1 Å². The standard InChI is InChI=1S/C21H24FN3O3S/c1-27-17(28-2)12-23-21-24-19-18(15-6-4-3-5-7-16(15)29-19)20(26)25(21)14-10-8-13(22)9-11-14/h8-11,17H,3-7,12H2,1-2H3,(H,23,24).